The third-order valence-corrected chi connectivity index (χ3v) is 19.7. The molecule has 3 unspecified atom stereocenters. The molecule has 570 valence electrons. The maximum absolute atomic E-state index is 13.1. The average Bonchev–Trinajstić information content (AvgIpc) is 1.20. The minimum Gasteiger partial charge on any atom is -0.462 e. The number of phosphoric acid groups is 2. The molecule has 0 bridgehead atoms. The highest BCUT2D eigenvalue weighted by Gasteiger charge is 2.30. The molecule has 0 rings (SSSR count). The van der Waals surface area contributed by atoms with Gasteiger partial charge in [-0.05, 0) is 49.4 Å². The van der Waals surface area contributed by atoms with Crippen molar-refractivity contribution < 1.29 is 80.2 Å². The molecule has 0 aliphatic carbocycles. The largest absolute Gasteiger partial charge is 0.472 e. The smallest absolute Gasteiger partial charge is 0.462 e. The van der Waals surface area contributed by atoms with Gasteiger partial charge < -0.3 is 33.8 Å². The van der Waals surface area contributed by atoms with Crippen molar-refractivity contribution in [1.82, 2.24) is 0 Å². The van der Waals surface area contributed by atoms with Gasteiger partial charge in [-0.15, -0.1) is 0 Å². The van der Waals surface area contributed by atoms with Crippen LogP contribution in [0.25, 0.3) is 0 Å². The molecular weight excluding hydrogens is 1260 g/mol. The summed E-state index contributed by atoms with van der Waals surface area (Å²) in [5.41, 5.74) is 0. The summed E-state index contributed by atoms with van der Waals surface area (Å²) in [7, 11) is -9.91. The van der Waals surface area contributed by atoms with Crippen LogP contribution in [-0.2, 0) is 65.4 Å². The van der Waals surface area contributed by atoms with Gasteiger partial charge in [-0.3, -0.25) is 37.3 Å². The first kappa shape index (κ1) is 94.1. The van der Waals surface area contributed by atoms with Crippen LogP contribution in [0.4, 0.5) is 0 Å². The number of phosphoric ester groups is 2. The third-order valence-electron chi connectivity index (χ3n) is 17.8. The van der Waals surface area contributed by atoms with Crippen molar-refractivity contribution in [1.29, 1.82) is 0 Å². The Labute approximate surface area is 588 Å². The van der Waals surface area contributed by atoms with E-state index in [0.29, 0.717) is 31.6 Å². The molecule has 3 N–H and O–H groups in total. The van der Waals surface area contributed by atoms with E-state index in [1.54, 1.807) is 0 Å². The first-order valence-electron chi connectivity index (χ1n) is 39.7. The molecule has 96 heavy (non-hydrogen) atoms. The van der Waals surface area contributed by atoms with Gasteiger partial charge in [0.15, 0.2) is 12.2 Å². The molecule has 0 fully saturated rings. The van der Waals surface area contributed by atoms with E-state index in [9.17, 15) is 43.2 Å². The molecule has 0 aromatic rings. The number of esters is 4. The Morgan fingerprint density at radius 2 is 0.438 bits per heavy atom. The fraction of sp³-hybridized carbons (Fsp3) is 0.948. The second-order valence-corrected chi connectivity index (χ2v) is 32.6. The lowest BCUT2D eigenvalue weighted by atomic mass is 10.0. The summed E-state index contributed by atoms with van der Waals surface area (Å²) in [6, 6.07) is 0. The predicted molar refractivity (Wildman–Crippen MR) is 391 cm³/mol. The van der Waals surface area contributed by atoms with Crippen molar-refractivity contribution in [2.75, 3.05) is 39.6 Å². The Bertz CT molecular complexity index is 1880. The number of aliphatic hydroxyl groups is 1. The number of aliphatic hydroxyl groups excluding tert-OH is 1. The number of rotatable bonds is 74. The lowest BCUT2D eigenvalue weighted by Crippen LogP contribution is -2.30. The zero-order valence-corrected chi connectivity index (χ0v) is 64.8. The second kappa shape index (κ2) is 66.3. The monoisotopic (exact) mass is 1410 g/mol. The Morgan fingerprint density at radius 3 is 0.646 bits per heavy atom. The van der Waals surface area contributed by atoms with Crippen LogP contribution in [0.15, 0.2) is 0 Å². The minimum atomic E-state index is -4.96. The molecule has 0 spiro atoms. The molecule has 0 saturated heterocycles. The summed E-state index contributed by atoms with van der Waals surface area (Å²) in [4.78, 5) is 72.8. The number of carbonyl (C=O) groups excluding carboxylic acids is 4. The fourth-order valence-corrected chi connectivity index (χ4v) is 13.3. The molecule has 0 aliphatic heterocycles. The number of unbranched alkanes of at least 4 members (excludes halogenated alkanes) is 40. The van der Waals surface area contributed by atoms with E-state index in [1.807, 2.05) is 0 Å². The minimum absolute atomic E-state index is 0.105. The van der Waals surface area contributed by atoms with E-state index in [4.69, 9.17) is 37.0 Å². The predicted octanol–water partition coefficient (Wildman–Crippen LogP) is 22.4. The average molecular weight is 1410 g/mol. The molecule has 0 radical (unpaired) electrons. The number of hydrogen-bond acceptors (Lipinski definition) is 15. The van der Waals surface area contributed by atoms with Crippen LogP contribution in [0.2, 0.25) is 0 Å². The summed E-state index contributed by atoms with van der Waals surface area (Å²) >= 11 is 0. The Morgan fingerprint density at radius 1 is 0.260 bits per heavy atom. The quantitative estimate of drug-likeness (QED) is 0.0222. The molecule has 0 aromatic carbocycles. The molecule has 17 nitrogen and oxygen atoms in total. The zero-order chi connectivity index (χ0) is 71.0. The summed E-state index contributed by atoms with van der Waals surface area (Å²) in [6.07, 6.45) is 51.4. The summed E-state index contributed by atoms with van der Waals surface area (Å²) in [6.45, 7) is 14.2. The van der Waals surface area contributed by atoms with Gasteiger partial charge in [0.05, 0.1) is 26.4 Å². The van der Waals surface area contributed by atoms with Crippen LogP contribution in [0.1, 0.15) is 389 Å². The van der Waals surface area contributed by atoms with Crippen molar-refractivity contribution in [2.24, 2.45) is 23.7 Å². The first-order valence-corrected chi connectivity index (χ1v) is 42.7. The van der Waals surface area contributed by atoms with Crippen LogP contribution in [0.3, 0.4) is 0 Å². The van der Waals surface area contributed by atoms with Crippen molar-refractivity contribution in [3.05, 3.63) is 0 Å². The normalized spacial score (nSPS) is 14.1. The van der Waals surface area contributed by atoms with Gasteiger partial charge in [0.1, 0.15) is 19.3 Å². The second-order valence-electron chi connectivity index (χ2n) is 29.7. The molecule has 19 heteroatoms. The van der Waals surface area contributed by atoms with E-state index < -0.39 is 97.5 Å². The topological polar surface area (TPSA) is 237 Å². The van der Waals surface area contributed by atoms with Crippen LogP contribution in [0, 0.1) is 23.7 Å². The molecule has 0 aromatic heterocycles. The molecule has 0 amide bonds. The summed E-state index contributed by atoms with van der Waals surface area (Å²) in [5, 5.41) is 10.6. The highest BCUT2D eigenvalue weighted by Crippen LogP contribution is 2.45. The van der Waals surface area contributed by atoms with Crippen molar-refractivity contribution in [2.45, 2.75) is 408 Å². The van der Waals surface area contributed by atoms with E-state index in [1.165, 1.54) is 186 Å². The SMILES string of the molecule is CC(C)CCCCCCCCCCCCCCCCC(=O)OC[C@H](COP(=O)(O)OCC(O)COP(=O)(O)OC[C@@H](COC(=O)CCCCCCCCCC(C)C)OC(=O)CCCCCCCCCCCCCCCCC(C)C)OC(=O)CCCCCCCCCCCC(C)C. The van der Waals surface area contributed by atoms with Crippen LogP contribution in [0.5, 0.6) is 0 Å². The summed E-state index contributed by atoms with van der Waals surface area (Å²) in [5.74, 6) is 0.915. The van der Waals surface area contributed by atoms with Gasteiger partial charge in [0.2, 0.25) is 0 Å². The van der Waals surface area contributed by atoms with Crippen molar-refractivity contribution in [3.8, 4) is 0 Å². The highest BCUT2D eigenvalue weighted by atomic mass is 31.2. The standard InChI is InChI=1S/C77H150O17P2/c1-67(2)53-45-37-29-22-17-13-9-11-15-19-25-33-41-49-57-74(79)87-63-72(94-77(82)60-52-44-35-27-21-24-31-39-47-55-69(5)6)65-91-95(83,84)89-61-71(78)62-90-96(85,86)92-66-73(64-88-75(80)58-50-42-36-28-32-40-48-56-70(7)8)93-76(81)59-51-43-34-26-20-16-12-10-14-18-23-30-38-46-54-68(3)4/h67-73,78H,9-66H2,1-8H3,(H,83,84)(H,85,86)/t71?,72-,73-/m1/s1. The van der Waals surface area contributed by atoms with E-state index >= 15 is 0 Å². The van der Waals surface area contributed by atoms with Gasteiger partial charge in [-0.2, -0.15) is 0 Å². The Kier molecular flexibility index (Phi) is 65.0. The van der Waals surface area contributed by atoms with E-state index in [2.05, 4.69) is 55.4 Å². The molecule has 5 atom stereocenters. The van der Waals surface area contributed by atoms with Crippen molar-refractivity contribution >= 4 is 39.5 Å². The van der Waals surface area contributed by atoms with Gasteiger partial charge in [0.25, 0.3) is 0 Å². The van der Waals surface area contributed by atoms with Gasteiger partial charge in [-0.1, -0.05) is 338 Å². The molecule has 0 aliphatic rings. The lowest BCUT2D eigenvalue weighted by Gasteiger charge is -2.21. The van der Waals surface area contributed by atoms with Gasteiger partial charge in [-0.25, -0.2) is 9.13 Å². The maximum atomic E-state index is 13.1. The highest BCUT2D eigenvalue weighted by molar-refractivity contribution is 7.47. The Balaban J connectivity index is 5.22. The van der Waals surface area contributed by atoms with Gasteiger partial charge in [0, 0.05) is 25.7 Å². The third kappa shape index (κ3) is 70.5. The molecular formula is C77H150O17P2. The van der Waals surface area contributed by atoms with Crippen molar-refractivity contribution in [3.63, 3.8) is 0 Å². The fourth-order valence-electron chi connectivity index (χ4n) is 11.7. The number of ether oxygens (including phenoxy) is 4. The number of hydrogen-bond donors (Lipinski definition) is 3. The lowest BCUT2D eigenvalue weighted by molar-refractivity contribution is -0.161. The van der Waals surface area contributed by atoms with Gasteiger partial charge >= 0.3 is 39.5 Å². The van der Waals surface area contributed by atoms with Crippen LogP contribution >= 0.6 is 15.6 Å². The van der Waals surface area contributed by atoms with Crippen LogP contribution < -0.4 is 0 Å². The van der Waals surface area contributed by atoms with E-state index in [-0.39, 0.29) is 25.7 Å². The molecule has 0 saturated carbocycles. The molecule has 0 heterocycles. The first-order chi connectivity index (χ1) is 46.1. The zero-order valence-electron chi connectivity index (χ0n) is 63.0. The number of carbonyl (C=O) groups is 4. The van der Waals surface area contributed by atoms with E-state index in [0.717, 1.165) is 114 Å². The maximum Gasteiger partial charge on any atom is 0.472 e. The van der Waals surface area contributed by atoms with Crippen LogP contribution in [-0.4, -0.2) is 96.7 Å². The Hall–Kier alpha value is -1.94. The summed E-state index contributed by atoms with van der Waals surface area (Å²) < 4.78 is 68.5.